The molecule has 0 saturated carbocycles. The average molecular weight is 385 g/mol. The van der Waals surface area contributed by atoms with E-state index in [1.807, 2.05) is 12.1 Å². The Morgan fingerprint density at radius 2 is 1.83 bits per heavy atom. The van der Waals surface area contributed by atoms with Gasteiger partial charge in [0.15, 0.2) is 0 Å². The van der Waals surface area contributed by atoms with Crippen molar-refractivity contribution in [2.75, 3.05) is 12.3 Å². The standard InChI is InChI=1S/C15H13ClN2O4S2/c16-14-4-2-1-3-13(14)15-17(9-10-23-15)24(21,22)12-7-5-11(6-8-12)18(19)20/h1-8,15H,9-10H2/t15-/m1/s1. The molecule has 6 nitrogen and oxygen atoms in total. The molecule has 24 heavy (non-hydrogen) atoms. The second-order valence-corrected chi connectivity index (χ2v) is 8.60. The van der Waals surface area contributed by atoms with Crippen molar-refractivity contribution in [3.05, 3.63) is 69.2 Å². The summed E-state index contributed by atoms with van der Waals surface area (Å²) < 4.78 is 27.2. The first-order valence-electron chi connectivity index (χ1n) is 7.03. The van der Waals surface area contributed by atoms with E-state index < -0.39 is 20.3 Å². The van der Waals surface area contributed by atoms with Gasteiger partial charge in [-0.3, -0.25) is 10.1 Å². The third-order valence-electron chi connectivity index (χ3n) is 3.67. The number of rotatable bonds is 4. The minimum Gasteiger partial charge on any atom is -0.258 e. The summed E-state index contributed by atoms with van der Waals surface area (Å²) in [7, 11) is -3.76. The van der Waals surface area contributed by atoms with Gasteiger partial charge < -0.3 is 0 Å². The van der Waals surface area contributed by atoms with Gasteiger partial charge in [-0.1, -0.05) is 29.8 Å². The number of benzene rings is 2. The predicted molar refractivity (Wildman–Crippen MR) is 93.6 cm³/mol. The molecule has 0 N–H and O–H groups in total. The quantitative estimate of drug-likeness (QED) is 0.593. The molecule has 1 fully saturated rings. The second-order valence-electron chi connectivity index (χ2n) is 5.11. The molecule has 1 heterocycles. The molecule has 1 saturated heterocycles. The maximum atomic E-state index is 12.9. The number of hydrogen-bond donors (Lipinski definition) is 0. The molecule has 126 valence electrons. The highest BCUT2D eigenvalue weighted by Crippen LogP contribution is 2.43. The van der Waals surface area contributed by atoms with Crippen molar-refractivity contribution in [1.29, 1.82) is 0 Å². The summed E-state index contributed by atoms with van der Waals surface area (Å²) >= 11 is 7.71. The molecule has 9 heteroatoms. The van der Waals surface area contributed by atoms with E-state index in [0.717, 1.165) is 5.56 Å². The maximum Gasteiger partial charge on any atom is 0.269 e. The second kappa shape index (κ2) is 6.72. The Morgan fingerprint density at radius 3 is 2.46 bits per heavy atom. The summed E-state index contributed by atoms with van der Waals surface area (Å²) in [5.74, 6) is 0.655. The summed E-state index contributed by atoms with van der Waals surface area (Å²) in [4.78, 5) is 10.2. The van der Waals surface area contributed by atoms with Crippen molar-refractivity contribution in [3.63, 3.8) is 0 Å². The smallest absolute Gasteiger partial charge is 0.258 e. The fraction of sp³-hybridized carbons (Fsp3) is 0.200. The Labute approximate surface area is 148 Å². The van der Waals surface area contributed by atoms with Crippen LogP contribution >= 0.6 is 23.4 Å². The van der Waals surface area contributed by atoms with Gasteiger partial charge in [0, 0.05) is 29.5 Å². The van der Waals surface area contributed by atoms with Crippen LogP contribution in [0.4, 0.5) is 5.69 Å². The lowest BCUT2D eigenvalue weighted by molar-refractivity contribution is -0.384. The maximum absolute atomic E-state index is 12.9. The molecule has 1 atom stereocenters. The van der Waals surface area contributed by atoms with E-state index in [0.29, 0.717) is 17.3 Å². The third-order valence-corrected chi connectivity index (χ3v) is 7.27. The molecule has 0 unspecified atom stereocenters. The van der Waals surface area contributed by atoms with Gasteiger partial charge in [-0.2, -0.15) is 4.31 Å². The number of non-ortho nitro benzene ring substituents is 1. The van der Waals surface area contributed by atoms with Gasteiger partial charge in [0.2, 0.25) is 10.0 Å². The van der Waals surface area contributed by atoms with Crippen LogP contribution in [0.1, 0.15) is 10.9 Å². The highest BCUT2D eigenvalue weighted by atomic mass is 35.5. The first kappa shape index (κ1) is 17.2. The summed E-state index contributed by atoms with van der Waals surface area (Å²) in [5, 5.41) is 10.8. The summed E-state index contributed by atoms with van der Waals surface area (Å²) in [5.41, 5.74) is 0.597. The van der Waals surface area contributed by atoms with E-state index >= 15 is 0 Å². The van der Waals surface area contributed by atoms with Gasteiger partial charge in [0.05, 0.1) is 15.2 Å². The summed E-state index contributed by atoms with van der Waals surface area (Å²) in [6, 6.07) is 12.1. The molecule has 2 aromatic carbocycles. The molecule has 0 bridgehead atoms. The van der Waals surface area contributed by atoms with Crippen molar-refractivity contribution in [3.8, 4) is 0 Å². The van der Waals surface area contributed by atoms with Crippen LogP contribution in [0.25, 0.3) is 0 Å². The Morgan fingerprint density at radius 1 is 1.17 bits per heavy atom. The van der Waals surface area contributed by atoms with Crippen LogP contribution in [0, 0.1) is 10.1 Å². The molecule has 1 aliphatic heterocycles. The topological polar surface area (TPSA) is 80.5 Å². The summed E-state index contributed by atoms with van der Waals surface area (Å²) in [6.07, 6.45) is 0. The van der Waals surface area contributed by atoms with E-state index in [4.69, 9.17) is 11.6 Å². The zero-order valence-electron chi connectivity index (χ0n) is 12.3. The molecule has 1 aliphatic rings. The number of sulfonamides is 1. The zero-order chi connectivity index (χ0) is 17.3. The normalized spacial score (nSPS) is 18.6. The number of hydrogen-bond acceptors (Lipinski definition) is 5. The molecule has 0 radical (unpaired) electrons. The molecule has 0 aliphatic carbocycles. The van der Waals surface area contributed by atoms with Crippen LogP contribution in [-0.2, 0) is 10.0 Å². The Hall–Kier alpha value is -1.61. The Kier molecular flexibility index (Phi) is 4.82. The van der Waals surface area contributed by atoms with Gasteiger partial charge in [0.25, 0.3) is 5.69 Å². The van der Waals surface area contributed by atoms with E-state index in [-0.39, 0.29) is 10.6 Å². The monoisotopic (exact) mass is 384 g/mol. The average Bonchev–Trinajstić information content (AvgIpc) is 3.05. The van der Waals surface area contributed by atoms with E-state index in [1.165, 1.54) is 40.3 Å². The Bertz CT molecular complexity index is 871. The lowest BCUT2D eigenvalue weighted by Crippen LogP contribution is -2.30. The molecular formula is C15H13ClN2O4S2. The van der Waals surface area contributed by atoms with Crippen LogP contribution in [0.5, 0.6) is 0 Å². The largest absolute Gasteiger partial charge is 0.269 e. The van der Waals surface area contributed by atoms with Crippen LogP contribution in [0.2, 0.25) is 5.02 Å². The molecule has 3 rings (SSSR count). The van der Waals surface area contributed by atoms with Gasteiger partial charge in [0.1, 0.15) is 0 Å². The van der Waals surface area contributed by atoms with Crippen LogP contribution in [0.15, 0.2) is 53.4 Å². The van der Waals surface area contributed by atoms with E-state index in [2.05, 4.69) is 0 Å². The number of nitro benzene ring substituents is 1. The number of halogens is 1. The van der Waals surface area contributed by atoms with Crippen LogP contribution < -0.4 is 0 Å². The highest BCUT2D eigenvalue weighted by molar-refractivity contribution is 8.01. The molecule has 0 spiro atoms. The van der Waals surface area contributed by atoms with Gasteiger partial charge >= 0.3 is 0 Å². The lowest BCUT2D eigenvalue weighted by Gasteiger charge is -2.24. The Balaban J connectivity index is 1.96. The number of nitrogens with zero attached hydrogens (tertiary/aromatic N) is 2. The van der Waals surface area contributed by atoms with Crippen molar-refractivity contribution in [2.45, 2.75) is 10.3 Å². The molecular weight excluding hydrogens is 372 g/mol. The van der Waals surface area contributed by atoms with Crippen LogP contribution in [-0.4, -0.2) is 29.9 Å². The fourth-order valence-corrected chi connectivity index (χ4v) is 6.07. The van der Waals surface area contributed by atoms with Crippen molar-refractivity contribution in [2.24, 2.45) is 0 Å². The van der Waals surface area contributed by atoms with E-state index in [1.54, 1.807) is 12.1 Å². The van der Waals surface area contributed by atoms with E-state index in [9.17, 15) is 18.5 Å². The van der Waals surface area contributed by atoms with Gasteiger partial charge in [-0.25, -0.2) is 8.42 Å². The van der Waals surface area contributed by atoms with Gasteiger partial charge in [-0.15, -0.1) is 11.8 Å². The van der Waals surface area contributed by atoms with Crippen molar-refractivity contribution in [1.82, 2.24) is 4.31 Å². The van der Waals surface area contributed by atoms with Crippen LogP contribution in [0.3, 0.4) is 0 Å². The summed E-state index contributed by atoms with van der Waals surface area (Å²) in [6.45, 7) is 0.361. The number of thioether (sulfide) groups is 1. The SMILES string of the molecule is O=[N+]([O-])c1ccc(S(=O)(=O)N2CCS[C@@H]2c2ccccc2Cl)cc1. The van der Waals surface area contributed by atoms with Gasteiger partial charge in [-0.05, 0) is 23.8 Å². The third kappa shape index (κ3) is 3.14. The predicted octanol–water partition coefficient (Wildman–Crippen LogP) is 3.68. The minimum absolute atomic E-state index is 0.0349. The van der Waals surface area contributed by atoms with Crippen molar-refractivity contribution >= 4 is 39.1 Å². The first-order valence-corrected chi connectivity index (χ1v) is 9.90. The minimum atomic E-state index is -3.76. The lowest BCUT2D eigenvalue weighted by atomic mass is 10.2. The molecule has 0 amide bonds. The zero-order valence-corrected chi connectivity index (χ0v) is 14.7. The molecule has 0 aromatic heterocycles. The first-order chi connectivity index (χ1) is 11.4. The highest BCUT2D eigenvalue weighted by Gasteiger charge is 2.37. The fourth-order valence-electron chi connectivity index (χ4n) is 2.50. The number of nitro groups is 1. The van der Waals surface area contributed by atoms with Crippen molar-refractivity contribution < 1.29 is 13.3 Å². The molecule has 2 aromatic rings.